The average Bonchev–Trinajstić information content (AvgIpc) is 3.11. The summed E-state index contributed by atoms with van der Waals surface area (Å²) >= 11 is 6.06. The van der Waals surface area contributed by atoms with Crippen LogP contribution in [0, 0.1) is 0 Å². The maximum atomic E-state index is 6.06. The third-order valence-electron chi connectivity index (χ3n) is 5.10. The summed E-state index contributed by atoms with van der Waals surface area (Å²) in [4.78, 5) is 11.4. The van der Waals surface area contributed by atoms with E-state index in [0.717, 1.165) is 86.5 Å². The van der Waals surface area contributed by atoms with Crippen LogP contribution >= 0.6 is 11.6 Å². The number of morpholine rings is 1. The Kier molecular flexibility index (Phi) is 6.20. The molecule has 4 rings (SSSR count). The summed E-state index contributed by atoms with van der Waals surface area (Å²) in [5.41, 5.74) is 4.97. The predicted molar refractivity (Wildman–Crippen MR) is 112 cm³/mol. The second kappa shape index (κ2) is 8.99. The molecule has 0 aromatic carbocycles. The second-order valence-electron chi connectivity index (χ2n) is 7.21. The van der Waals surface area contributed by atoms with Crippen LogP contribution < -0.4 is 0 Å². The number of aryl methyl sites for hydroxylation is 2. The molecule has 4 heterocycles. The van der Waals surface area contributed by atoms with Gasteiger partial charge in [0, 0.05) is 49.7 Å². The lowest BCUT2D eigenvalue weighted by atomic mass is 10.1. The number of nitrogens with zero attached hydrogens (tertiary/aromatic N) is 5. The molecule has 3 aromatic rings. The number of hydrogen-bond acceptors (Lipinski definition) is 5. The molecule has 0 amide bonds. The quantitative estimate of drug-likeness (QED) is 0.565. The van der Waals surface area contributed by atoms with E-state index in [9.17, 15) is 0 Å². The van der Waals surface area contributed by atoms with E-state index in [-0.39, 0.29) is 0 Å². The molecule has 0 unspecified atom stereocenters. The molecular formula is C21H26ClN5O. The normalized spacial score (nSPS) is 15.4. The largest absolute Gasteiger partial charge is 0.379 e. The number of rotatable bonds is 7. The number of fused-ring (bicyclic) bond motifs is 1. The van der Waals surface area contributed by atoms with Gasteiger partial charge in [0.25, 0.3) is 0 Å². The topological polar surface area (TPSA) is 56.1 Å². The molecule has 1 fully saturated rings. The average molecular weight is 400 g/mol. The smallest absolute Gasteiger partial charge is 0.129 e. The zero-order valence-corrected chi connectivity index (χ0v) is 17.0. The molecule has 7 heteroatoms. The van der Waals surface area contributed by atoms with Gasteiger partial charge in [-0.1, -0.05) is 24.9 Å². The molecule has 0 N–H and O–H groups in total. The molecule has 1 aliphatic heterocycles. The van der Waals surface area contributed by atoms with E-state index in [2.05, 4.69) is 38.7 Å². The summed E-state index contributed by atoms with van der Waals surface area (Å²) in [6.45, 7) is 7.94. The van der Waals surface area contributed by atoms with Gasteiger partial charge in [-0.05, 0) is 31.0 Å². The van der Waals surface area contributed by atoms with Crippen molar-refractivity contribution in [3.05, 3.63) is 41.4 Å². The molecule has 0 radical (unpaired) electrons. The number of pyridine rings is 2. The summed E-state index contributed by atoms with van der Waals surface area (Å²) < 4.78 is 7.50. The van der Waals surface area contributed by atoms with Crippen molar-refractivity contribution in [1.29, 1.82) is 0 Å². The lowest BCUT2D eigenvalue weighted by Crippen LogP contribution is -2.37. The van der Waals surface area contributed by atoms with E-state index < -0.39 is 0 Å². The summed E-state index contributed by atoms with van der Waals surface area (Å²) in [7, 11) is 0. The standard InChI is InChI=1S/C21H26ClN5O/c1-2-4-18-17(16-13-20-19(23-14-16)5-6-21(22)24-20)15-27(25-18)8-3-7-26-9-11-28-12-10-26/h5-6,13-15H,2-4,7-12H2,1H3. The number of aromatic nitrogens is 4. The molecule has 0 bridgehead atoms. The third kappa shape index (κ3) is 4.51. The fourth-order valence-electron chi connectivity index (χ4n) is 3.65. The van der Waals surface area contributed by atoms with Crippen LogP contribution in [-0.4, -0.2) is 57.5 Å². The molecule has 1 saturated heterocycles. The summed E-state index contributed by atoms with van der Waals surface area (Å²) in [5.74, 6) is 0. The highest BCUT2D eigenvalue weighted by Gasteiger charge is 2.13. The van der Waals surface area contributed by atoms with Crippen LogP contribution in [0.4, 0.5) is 0 Å². The first-order valence-electron chi connectivity index (χ1n) is 10.0. The number of halogens is 1. The van der Waals surface area contributed by atoms with Crippen LogP contribution in [0.15, 0.2) is 30.6 Å². The van der Waals surface area contributed by atoms with E-state index in [1.807, 2.05) is 12.3 Å². The van der Waals surface area contributed by atoms with Crippen LogP contribution in [0.1, 0.15) is 25.5 Å². The lowest BCUT2D eigenvalue weighted by molar-refractivity contribution is 0.0368. The Hall–Kier alpha value is -2.02. The van der Waals surface area contributed by atoms with Crippen molar-refractivity contribution in [1.82, 2.24) is 24.6 Å². The molecule has 148 valence electrons. The van der Waals surface area contributed by atoms with Gasteiger partial charge in [-0.25, -0.2) is 4.98 Å². The summed E-state index contributed by atoms with van der Waals surface area (Å²) in [5, 5.41) is 5.34. The molecule has 0 spiro atoms. The number of ether oxygens (including phenoxy) is 1. The highest BCUT2D eigenvalue weighted by Crippen LogP contribution is 2.26. The van der Waals surface area contributed by atoms with Crippen molar-refractivity contribution in [3.63, 3.8) is 0 Å². The summed E-state index contributed by atoms with van der Waals surface area (Å²) in [6, 6.07) is 5.73. The van der Waals surface area contributed by atoms with Crippen LogP contribution in [0.2, 0.25) is 5.15 Å². The summed E-state index contributed by atoms with van der Waals surface area (Å²) in [6.07, 6.45) is 7.15. The van der Waals surface area contributed by atoms with Crippen LogP contribution in [0.25, 0.3) is 22.2 Å². The Labute approximate surface area is 170 Å². The van der Waals surface area contributed by atoms with Crippen LogP contribution in [-0.2, 0) is 17.7 Å². The zero-order chi connectivity index (χ0) is 19.3. The second-order valence-corrected chi connectivity index (χ2v) is 7.59. The Bertz CT molecular complexity index is 936. The zero-order valence-electron chi connectivity index (χ0n) is 16.3. The Morgan fingerprint density at radius 1 is 1.14 bits per heavy atom. The lowest BCUT2D eigenvalue weighted by Gasteiger charge is -2.26. The monoisotopic (exact) mass is 399 g/mol. The van der Waals surface area contributed by atoms with E-state index in [0.29, 0.717) is 5.15 Å². The fourth-order valence-corrected chi connectivity index (χ4v) is 3.80. The minimum Gasteiger partial charge on any atom is -0.379 e. The first-order valence-corrected chi connectivity index (χ1v) is 10.4. The van der Waals surface area contributed by atoms with Gasteiger partial charge < -0.3 is 4.74 Å². The maximum Gasteiger partial charge on any atom is 0.129 e. The third-order valence-corrected chi connectivity index (χ3v) is 5.32. The van der Waals surface area contributed by atoms with Gasteiger partial charge >= 0.3 is 0 Å². The van der Waals surface area contributed by atoms with Gasteiger partial charge in [-0.15, -0.1) is 0 Å². The van der Waals surface area contributed by atoms with Gasteiger partial charge in [0.2, 0.25) is 0 Å². The molecule has 0 atom stereocenters. The minimum absolute atomic E-state index is 0.485. The Morgan fingerprint density at radius 3 is 2.82 bits per heavy atom. The van der Waals surface area contributed by atoms with E-state index in [4.69, 9.17) is 21.4 Å². The first-order chi connectivity index (χ1) is 13.7. The van der Waals surface area contributed by atoms with Crippen molar-refractivity contribution in [2.45, 2.75) is 32.7 Å². The van der Waals surface area contributed by atoms with Crippen LogP contribution in [0.5, 0.6) is 0 Å². The van der Waals surface area contributed by atoms with Gasteiger partial charge in [0.1, 0.15) is 5.15 Å². The molecule has 3 aromatic heterocycles. The van der Waals surface area contributed by atoms with Crippen molar-refractivity contribution in [3.8, 4) is 11.1 Å². The maximum absolute atomic E-state index is 6.06. The Balaban J connectivity index is 1.52. The molecule has 6 nitrogen and oxygen atoms in total. The molecule has 0 saturated carbocycles. The highest BCUT2D eigenvalue weighted by molar-refractivity contribution is 6.29. The fraction of sp³-hybridized carbons (Fsp3) is 0.476. The van der Waals surface area contributed by atoms with Gasteiger partial charge in [0.15, 0.2) is 0 Å². The van der Waals surface area contributed by atoms with Gasteiger partial charge in [0.05, 0.1) is 29.9 Å². The van der Waals surface area contributed by atoms with Crippen molar-refractivity contribution in [2.24, 2.45) is 0 Å². The van der Waals surface area contributed by atoms with Crippen molar-refractivity contribution >= 4 is 22.6 Å². The molecule has 28 heavy (non-hydrogen) atoms. The van der Waals surface area contributed by atoms with Gasteiger partial charge in [-0.2, -0.15) is 5.10 Å². The predicted octanol–water partition coefficient (Wildman–Crippen LogP) is 3.82. The van der Waals surface area contributed by atoms with E-state index >= 15 is 0 Å². The SMILES string of the molecule is CCCc1nn(CCCN2CCOCC2)cc1-c1cnc2ccc(Cl)nc2c1. The molecular weight excluding hydrogens is 374 g/mol. The number of hydrogen-bond donors (Lipinski definition) is 0. The minimum atomic E-state index is 0.485. The first kappa shape index (κ1) is 19.3. The molecule has 1 aliphatic rings. The van der Waals surface area contributed by atoms with E-state index in [1.54, 1.807) is 6.07 Å². The van der Waals surface area contributed by atoms with Crippen LogP contribution in [0.3, 0.4) is 0 Å². The van der Waals surface area contributed by atoms with Crippen molar-refractivity contribution < 1.29 is 4.74 Å². The highest BCUT2D eigenvalue weighted by atomic mass is 35.5. The Morgan fingerprint density at radius 2 is 2.00 bits per heavy atom. The molecule has 0 aliphatic carbocycles. The van der Waals surface area contributed by atoms with Crippen molar-refractivity contribution in [2.75, 3.05) is 32.8 Å². The van der Waals surface area contributed by atoms with Gasteiger partial charge in [-0.3, -0.25) is 14.6 Å². The van der Waals surface area contributed by atoms with E-state index in [1.165, 1.54) is 0 Å².